The molecule has 1 N–H and O–H groups in total. The van der Waals surface area contributed by atoms with E-state index in [1.54, 1.807) is 0 Å². The Hall–Kier alpha value is -5.05. The Kier molecular flexibility index (Phi) is 9.97. The lowest BCUT2D eigenvalue weighted by Crippen LogP contribution is -2.40. The van der Waals surface area contributed by atoms with Gasteiger partial charge >= 0.3 is 6.09 Å². The molecule has 0 radical (unpaired) electrons. The minimum absolute atomic E-state index is 0.0719. The summed E-state index contributed by atoms with van der Waals surface area (Å²) in [6.45, 7) is 4.67. The number of amides is 1. The minimum Gasteiger partial charge on any atom is -0.473 e. The molecule has 1 fully saturated rings. The molecule has 0 bridgehead atoms. The van der Waals surface area contributed by atoms with Gasteiger partial charge in [-0.3, -0.25) is 4.68 Å². The van der Waals surface area contributed by atoms with E-state index in [4.69, 9.17) is 24.3 Å². The van der Waals surface area contributed by atoms with Crippen LogP contribution in [0.3, 0.4) is 0 Å². The number of benzene rings is 3. The Morgan fingerprint density at radius 1 is 0.913 bits per heavy atom. The normalized spacial score (nSPS) is 14.4. The Morgan fingerprint density at radius 2 is 1.65 bits per heavy atom. The molecule has 238 valence electrons. The van der Waals surface area contributed by atoms with Crippen molar-refractivity contribution in [3.63, 3.8) is 0 Å². The fourth-order valence-corrected chi connectivity index (χ4v) is 5.83. The zero-order chi connectivity index (χ0) is 31.7. The van der Waals surface area contributed by atoms with Crippen LogP contribution in [-0.4, -0.2) is 51.5 Å². The fraction of sp³-hybridized carbons (Fsp3) is 0.324. The first kappa shape index (κ1) is 31.0. The molecule has 1 aliphatic rings. The largest absolute Gasteiger partial charge is 0.473 e. The summed E-state index contributed by atoms with van der Waals surface area (Å²) in [7, 11) is 1.94. The van der Waals surface area contributed by atoms with Gasteiger partial charge in [0.05, 0.1) is 29.4 Å². The van der Waals surface area contributed by atoms with Gasteiger partial charge in [-0.05, 0) is 42.5 Å². The summed E-state index contributed by atoms with van der Waals surface area (Å²) in [6, 6.07) is 30.1. The summed E-state index contributed by atoms with van der Waals surface area (Å²) in [5.74, 6) is 0.934. The number of fused-ring (bicyclic) bond motifs is 1. The molecule has 1 amide bonds. The third kappa shape index (κ3) is 7.25. The Labute approximate surface area is 270 Å². The van der Waals surface area contributed by atoms with Crippen LogP contribution in [0, 0.1) is 0 Å². The number of anilines is 1. The van der Waals surface area contributed by atoms with Crippen molar-refractivity contribution in [1.29, 1.82) is 0 Å². The molecule has 1 aliphatic heterocycles. The van der Waals surface area contributed by atoms with Gasteiger partial charge in [0.2, 0.25) is 11.8 Å². The zero-order valence-corrected chi connectivity index (χ0v) is 26.5. The topological polar surface area (TPSA) is 90.7 Å². The fourth-order valence-electron chi connectivity index (χ4n) is 5.83. The second-order valence-electron chi connectivity index (χ2n) is 11.6. The van der Waals surface area contributed by atoms with Crippen molar-refractivity contribution in [3.8, 4) is 23.0 Å². The van der Waals surface area contributed by atoms with Crippen molar-refractivity contribution in [2.75, 3.05) is 25.0 Å². The Morgan fingerprint density at radius 3 is 2.39 bits per heavy atom. The third-order valence-electron chi connectivity index (χ3n) is 8.27. The number of carbonyl (C=O) groups is 1. The van der Waals surface area contributed by atoms with E-state index in [2.05, 4.69) is 24.4 Å². The SMILES string of the molecule is CCCCOC(=O)N1CCC[C@H]1CNc1cccc2c(-c3ccc(OCc4ccccc4)nc3OCc3ccccc3)nn(C)c12. The molecular formula is C37H41N5O4. The number of rotatable bonds is 13. The first-order chi connectivity index (χ1) is 22.6. The lowest BCUT2D eigenvalue weighted by Gasteiger charge is -2.25. The number of nitrogens with zero attached hydrogens (tertiary/aromatic N) is 4. The quantitative estimate of drug-likeness (QED) is 0.136. The van der Waals surface area contributed by atoms with E-state index in [0.29, 0.717) is 38.1 Å². The lowest BCUT2D eigenvalue weighted by atomic mass is 10.1. The van der Waals surface area contributed by atoms with E-state index in [-0.39, 0.29) is 12.1 Å². The van der Waals surface area contributed by atoms with Crippen LogP contribution in [0.15, 0.2) is 91.0 Å². The summed E-state index contributed by atoms with van der Waals surface area (Å²) in [4.78, 5) is 19.4. The first-order valence-corrected chi connectivity index (χ1v) is 16.1. The number of hydrogen-bond acceptors (Lipinski definition) is 7. The third-order valence-corrected chi connectivity index (χ3v) is 8.27. The number of nitrogens with one attached hydrogen (secondary N) is 1. The standard InChI is InChI=1S/C37H41N5O4/c1-3-4-23-44-37(43)42-22-12-17-29(42)24-38-32-19-11-18-30-34(40-41(2)35(30)32)31-20-21-33(45-25-27-13-7-5-8-14-27)39-36(31)46-26-28-15-9-6-10-16-28/h5-11,13-16,18-21,29,38H,3-4,12,17,22-26H2,1-2H3/t29-/m0/s1. The van der Waals surface area contributed by atoms with E-state index < -0.39 is 0 Å². The number of likely N-dealkylation sites (tertiary alicyclic amines) is 1. The van der Waals surface area contributed by atoms with Crippen LogP contribution in [0.1, 0.15) is 43.7 Å². The molecule has 1 saturated heterocycles. The molecule has 9 nitrogen and oxygen atoms in total. The zero-order valence-electron chi connectivity index (χ0n) is 26.5. The monoisotopic (exact) mass is 619 g/mol. The van der Waals surface area contributed by atoms with Gasteiger partial charge in [-0.25, -0.2) is 4.79 Å². The molecule has 3 aromatic carbocycles. The summed E-state index contributed by atoms with van der Waals surface area (Å²) in [6.07, 6.45) is 3.57. The molecule has 2 aromatic heterocycles. The van der Waals surface area contributed by atoms with Gasteiger partial charge in [0.25, 0.3) is 0 Å². The number of para-hydroxylation sites is 1. The highest BCUT2D eigenvalue weighted by atomic mass is 16.6. The number of aryl methyl sites for hydroxylation is 1. The van der Waals surface area contributed by atoms with Crippen LogP contribution in [0.2, 0.25) is 0 Å². The minimum atomic E-state index is -0.217. The van der Waals surface area contributed by atoms with Crippen LogP contribution in [-0.2, 0) is 25.0 Å². The molecule has 0 spiro atoms. The maximum atomic E-state index is 12.7. The number of carbonyl (C=O) groups excluding carboxylic acids is 1. The Bertz CT molecular complexity index is 1740. The maximum Gasteiger partial charge on any atom is 0.410 e. The maximum absolute atomic E-state index is 12.7. The highest BCUT2D eigenvalue weighted by Crippen LogP contribution is 2.37. The highest BCUT2D eigenvalue weighted by Gasteiger charge is 2.30. The molecule has 6 rings (SSSR count). The smallest absolute Gasteiger partial charge is 0.410 e. The van der Waals surface area contributed by atoms with Crippen molar-refractivity contribution in [3.05, 3.63) is 102 Å². The van der Waals surface area contributed by atoms with E-state index in [0.717, 1.165) is 71.2 Å². The number of unbranched alkanes of at least 4 members (excludes halogenated alkanes) is 1. The van der Waals surface area contributed by atoms with Crippen molar-refractivity contribution >= 4 is 22.7 Å². The van der Waals surface area contributed by atoms with Gasteiger partial charge in [0, 0.05) is 31.6 Å². The molecule has 0 unspecified atom stereocenters. The van der Waals surface area contributed by atoms with Crippen molar-refractivity contribution in [1.82, 2.24) is 19.7 Å². The molecule has 9 heteroatoms. The van der Waals surface area contributed by atoms with Crippen LogP contribution < -0.4 is 14.8 Å². The first-order valence-electron chi connectivity index (χ1n) is 16.1. The summed E-state index contributed by atoms with van der Waals surface area (Å²) < 4.78 is 19.8. The summed E-state index contributed by atoms with van der Waals surface area (Å²) >= 11 is 0. The predicted octanol–water partition coefficient (Wildman–Crippen LogP) is 7.61. The van der Waals surface area contributed by atoms with Crippen LogP contribution in [0.5, 0.6) is 11.8 Å². The molecule has 0 saturated carbocycles. The molecule has 1 atom stereocenters. The van der Waals surface area contributed by atoms with Crippen LogP contribution in [0.25, 0.3) is 22.2 Å². The number of ether oxygens (including phenoxy) is 3. The van der Waals surface area contributed by atoms with E-state index in [9.17, 15) is 4.79 Å². The summed E-state index contributed by atoms with van der Waals surface area (Å²) in [5, 5.41) is 9.54. The average molecular weight is 620 g/mol. The van der Waals surface area contributed by atoms with Gasteiger partial charge in [-0.15, -0.1) is 0 Å². The Balaban J connectivity index is 1.25. The number of aromatic nitrogens is 3. The molecular weight excluding hydrogens is 578 g/mol. The molecule has 3 heterocycles. The van der Waals surface area contributed by atoms with Crippen molar-refractivity contribution < 1.29 is 19.0 Å². The molecule has 46 heavy (non-hydrogen) atoms. The lowest BCUT2D eigenvalue weighted by molar-refractivity contribution is 0.0984. The van der Waals surface area contributed by atoms with Crippen LogP contribution in [0.4, 0.5) is 10.5 Å². The molecule has 0 aliphatic carbocycles. The second kappa shape index (κ2) is 14.8. The predicted molar refractivity (Wildman–Crippen MR) is 180 cm³/mol. The molecule has 5 aromatic rings. The van der Waals surface area contributed by atoms with Gasteiger partial charge in [0.15, 0.2) is 0 Å². The average Bonchev–Trinajstić information content (AvgIpc) is 3.71. The number of pyridine rings is 1. The van der Waals surface area contributed by atoms with Crippen molar-refractivity contribution in [2.24, 2.45) is 7.05 Å². The van der Waals surface area contributed by atoms with Gasteiger partial charge < -0.3 is 24.4 Å². The van der Waals surface area contributed by atoms with Gasteiger partial charge in [0.1, 0.15) is 18.9 Å². The van der Waals surface area contributed by atoms with E-state index >= 15 is 0 Å². The summed E-state index contributed by atoms with van der Waals surface area (Å²) in [5.41, 5.74) is 5.57. The van der Waals surface area contributed by atoms with Crippen molar-refractivity contribution in [2.45, 2.75) is 51.9 Å². The second-order valence-corrected chi connectivity index (χ2v) is 11.6. The van der Waals surface area contributed by atoms with Gasteiger partial charge in [-0.2, -0.15) is 10.1 Å². The van der Waals surface area contributed by atoms with Crippen LogP contribution >= 0.6 is 0 Å². The van der Waals surface area contributed by atoms with E-state index in [1.165, 1.54) is 0 Å². The number of hydrogen-bond donors (Lipinski definition) is 1. The highest BCUT2D eigenvalue weighted by molar-refractivity contribution is 6.00. The van der Waals surface area contributed by atoms with E-state index in [1.807, 2.05) is 95.5 Å². The van der Waals surface area contributed by atoms with Gasteiger partial charge in [-0.1, -0.05) is 86.1 Å².